The number of benzene rings is 1. The Morgan fingerprint density at radius 2 is 2.06 bits per heavy atom. The molecule has 0 fully saturated rings. The van der Waals surface area contributed by atoms with Crippen molar-refractivity contribution in [1.29, 1.82) is 0 Å². The summed E-state index contributed by atoms with van der Waals surface area (Å²) in [6.45, 7) is 2.10. The van der Waals surface area contributed by atoms with Crippen LogP contribution in [0.5, 0.6) is 5.88 Å². The number of hydrogen-bond donors (Lipinski definition) is 1. The molecule has 3 aromatic heterocycles. The van der Waals surface area contributed by atoms with Gasteiger partial charge in [0.15, 0.2) is 5.82 Å². The van der Waals surface area contributed by atoms with E-state index in [9.17, 15) is 4.79 Å². The van der Waals surface area contributed by atoms with E-state index in [-0.39, 0.29) is 12.5 Å². The number of rotatable bonds is 6. The Bertz CT molecular complexity index is 1270. The lowest BCUT2D eigenvalue weighted by Crippen LogP contribution is -2.34. The molecule has 164 valence electrons. The number of nitrogen functional groups attached to an aromatic ring is 1. The number of fused-ring (bicyclic) bond motifs is 1. The van der Waals surface area contributed by atoms with Gasteiger partial charge in [-0.2, -0.15) is 10.2 Å². The third kappa shape index (κ3) is 4.37. The summed E-state index contributed by atoms with van der Waals surface area (Å²) in [5, 5.41) is 13.3. The molecule has 11 heteroatoms. The highest BCUT2D eigenvalue weighted by Gasteiger charge is 2.26. The van der Waals surface area contributed by atoms with Crippen LogP contribution in [0.1, 0.15) is 34.8 Å². The monoisotopic (exact) mass is 496 g/mol. The molecule has 32 heavy (non-hydrogen) atoms. The van der Waals surface area contributed by atoms with E-state index in [0.29, 0.717) is 38.8 Å². The van der Waals surface area contributed by atoms with Crippen LogP contribution in [0.15, 0.2) is 47.2 Å². The molecule has 0 bridgehead atoms. The number of amides is 1. The molecule has 1 aromatic carbocycles. The summed E-state index contributed by atoms with van der Waals surface area (Å²) in [7, 11) is 3.30. The molecule has 2 N–H and O–H groups in total. The van der Waals surface area contributed by atoms with Crippen molar-refractivity contribution in [2.24, 2.45) is 7.05 Å². The highest BCUT2D eigenvalue weighted by molar-refractivity contribution is 9.10. The van der Waals surface area contributed by atoms with Crippen LogP contribution in [0.25, 0.3) is 10.9 Å². The van der Waals surface area contributed by atoms with Crippen molar-refractivity contribution in [3.05, 3.63) is 64.3 Å². The van der Waals surface area contributed by atoms with Gasteiger partial charge >= 0.3 is 0 Å². The number of aromatic nitrogens is 6. The van der Waals surface area contributed by atoms with Crippen LogP contribution in [0.3, 0.4) is 0 Å². The quantitative estimate of drug-likeness (QED) is 0.431. The Morgan fingerprint density at radius 1 is 1.25 bits per heavy atom. The lowest BCUT2D eigenvalue weighted by Gasteiger charge is -2.27. The first-order valence-corrected chi connectivity index (χ1v) is 10.5. The molecule has 1 atom stereocenters. The van der Waals surface area contributed by atoms with Crippen molar-refractivity contribution >= 4 is 38.6 Å². The minimum Gasteiger partial charge on any atom is -0.480 e. The first-order valence-electron chi connectivity index (χ1n) is 9.74. The third-order valence-electron chi connectivity index (χ3n) is 5.00. The summed E-state index contributed by atoms with van der Waals surface area (Å²) in [4.78, 5) is 24.0. The largest absolute Gasteiger partial charge is 0.480 e. The number of anilines is 1. The Hall–Kier alpha value is -3.60. The SMILES string of the molecule is COc1ccc(CN(C(=O)c2ccc3nc(N)c(Br)cc3c2)[C@H](C)c2ncn(C)n2)nn1. The molecular formula is C21H21BrN8O2. The van der Waals surface area contributed by atoms with Crippen LogP contribution >= 0.6 is 15.9 Å². The summed E-state index contributed by atoms with van der Waals surface area (Å²) in [6, 6.07) is 10.2. The number of pyridine rings is 1. The fraction of sp³-hybridized carbons (Fsp3) is 0.238. The van der Waals surface area contributed by atoms with Gasteiger partial charge in [-0.3, -0.25) is 9.48 Å². The number of halogens is 1. The third-order valence-corrected chi connectivity index (χ3v) is 5.63. The molecule has 0 aliphatic heterocycles. The molecular weight excluding hydrogens is 476 g/mol. The number of carbonyl (C=O) groups is 1. The predicted octanol–water partition coefficient (Wildman–Crippen LogP) is 2.91. The zero-order valence-corrected chi connectivity index (χ0v) is 19.3. The number of nitrogens with zero attached hydrogens (tertiary/aromatic N) is 7. The molecule has 0 saturated heterocycles. The summed E-state index contributed by atoms with van der Waals surface area (Å²) in [5.74, 6) is 1.13. The maximum absolute atomic E-state index is 13.6. The Morgan fingerprint density at radius 3 is 2.72 bits per heavy atom. The fourth-order valence-corrected chi connectivity index (χ4v) is 3.59. The maximum Gasteiger partial charge on any atom is 0.254 e. The standard InChI is InChI=1S/C21H21BrN8O2/c1-12(20-24-11-29(2)28-20)30(10-15-5-7-18(32-3)27-26-15)21(31)13-4-6-17-14(8-13)9-16(22)19(23)25-17/h4-9,11-12H,10H2,1-3H3,(H2,23,25)/t12-/m1/s1. The van der Waals surface area contributed by atoms with Crippen LogP contribution in [0.4, 0.5) is 5.82 Å². The second-order valence-electron chi connectivity index (χ2n) is 7.22. The highest BCUT2D eigenvalue weighted by atomic mass is 79.9. The molecule has 0 spiro atoms. The Kier molecular flexibility index (Phi) is 5.99. The number of ether oxygens (including phenoxy) is 1. The fourth-order valence-electron chi connectivity index (χ4n) is 3.25. The van der Waals surface area contributed by atoms with Gasteiger partial charge in [0.2, 0.25) is 5.88 Å². The molecule has 0 unspecified atom stereocenters. The summed E-state index contributed by atoms with van der Waals surface area (Å²) < 4.78 is 7.35. The average molecular weight is 497 g/mol. The van der Waals surface area contributed by atoms with E-state index in [1.807, 2.05) is 13.0 Å². The van der Waals surface area contributed by atoms with Gasteiger partial charge in [-0.15, -0.1) is 5.10 Å². The van der Waals surface area contributed by atoms with E-state index in [0.717, 1.165) is 5.39 Å². The molecule has 3 heterocycles. The Labute approximate surface area is 192 Å². The van der Waals surface area contributed by atoms with Crippen molar-refractivity contribution in [3.63, 3.8) is 0 Å². The van der Waals surface area contributed by atoms with Crippen LogP contribution in [0.2, 0.25) is 0 Å². The van der Waals surface area contributed by atoms with Crippen molar-refractivity contribution in [3.8, 4) is 5.88 Å². The van der Waals surface area contributed by atoms with E-state index < -0.39 is 6.04 Å². The normalized spacial score (nSPS) is 12.0. The van der Waals surface area contributed by atoms with Gasteiger partial charge in [-0.1, -0.05) is 0 Å². The van der Waals surface area contributed by atoms with E-state index in [4.69, 9.17) is 10.5 Å². The van der Waals surface area contributed by atoms with Crippen molar-refractivity contribution < 1.29 is 9.53 Å². The van der Waals surface area contributed by atoms with Gasteiger partial charge in [-0.25, -0.2) is 9.97 Å². The van der Waals surface area contributed by atoms with Crippen LogP contribution < -0.4 is 10.5 Å². The summed E-state index contributed by atoms with van der Waals surface area (Å²) in [5.41, 5.74) is 7.69. The predicted molar refractivity (Wildman–Crippen MR) is 122 cm³/mol. The van der Waals surface area contributed by atoms with Crippen LogP contribution in [0, 0.1) is 0 Å². The van der Waals surface area contributed by atoms with Gasteiger partial charge in [-0.05, 0) is 53.2 Å². The zero-order chi connectivity index (χ0) is 22.8. The van der Waals surface area contributed by atoms with E-state index in [2.05, 4.69) is 41.2 Å². The number of methoxy groups -OCH3 is 1. The van der Waals surface area contributed by atoms with Crippen molar-refractivity contribution in [2.75, 3.05) is 12.8 Å². The second-order valence-corrected chi connectivity index (χ2v) is 8.07. The van der Waals surface area contributed by atoms with E-state index in [1.165, 1.54) is 7.11 Å². The van der Waals surface area contributed by atoms with Gasteiger partial charge in [0, 0.05) is 24.1 Å². The molecule has 4 rings (SSSR count). The number of hydrogen-bond acceptors (Lipinski definition) is 8. The Balaban J connectivity index is 1.71. The molecule has 0 aliphatic carbocycles. The van der Waals surface area contributed by atoms with Crippen LogP contribution in [-0.4, -0.2) is 47.9 Å². The molecule has 0 radical (unpaired) electrons. The lowest BCUT2D eigenvalue weighted by molar-refractivity contribution is 0.0663. The van der Waals surface area contributed by atoms with Gasteiger partial charge in [0.1, 0.15) is 12.1 Å². The maximum atomic E-state index is 13.6. The highest BCUT2D eigenvalue weighted by Crippen LogP contribution is 2.26. The second kappa shape index (κ2) is 8.87. The number of aryl methyl sites for hydroxylation is 1. The minimum atomic E-state index is -0.403. The van der Waals surface area contributed by atoms with Gasteiger partial charge in [0.05, 0.1) is 35.4 Å². The van der Waals surface area contributed by atoms with Crippen molar-refractivity contribution in [1.82, 2.24) is 34.8 Å². The number of nitrogens with two attached hydrogens (primary N) is 1. The van der Waals surface area contributed by atoms with E-state index in [1.54, 1.807) is 53.3 Å². The molecule has 1 amide bonds. The first-order chi connectivity index (χ1) is 15.4. The average Bonchev–Trinajstić information content (AvgIpc) is 3.23. The summed E-state index contributed by atoms with van der Waals surface area (Å²) >= 11 is 3.39. The van der Waals surface area contributed by atoms with Crippen molar-refractivity contribution in [2.45, 2.75) is 19.5 Å². The first kappa shape index (κ1) is 21.6. The molecule has 4 aromatic rings. The lowest BCUT2D eigenvalue weighted by atomic mass is 10.1. The van der Waals surface area contributed by atoms with Gasteiger partial charge < -0.3 is 15.4 Å². The number of carbonyl (C=O) groups excluding carboxylic acids is 1. The summed E-state index contributed by atoms with van der Waals surface area (Å²) in [6.07, 6.45) is 1.60. The minimum absolute atomic E-state index is 0.197. The molecule has 0 saturated carbocycles. The zero-order valence-electron chi connectivity index (χ0n) is 17.7. The van der Waals surface area contributed by atoms with Crippen LogP contribution in [-0.2, 0) is 13.6 Å². The topological polar surface area (TPSA) is 125 Å². The molecule has 0 aliphatic rings. The van der Waals surface area contributed by atoms with Gasteiger partial charge in [0.25, 0.3) is 5.91 Å². The van der Waals surface area contributed by atoms with E-state index >= 15 is 0 Å². The smallest absolute Gasteiger partial charge is 0.254 e. The molecule has 10 nitrogen and oxygen atoms in total.